The van der Waals surface area contributed by atoms with Crippen molar-refractivity contribution in [2.24, 2.45) is 0 Å². The smallest absolute Gasteiger partial charge is 0.312 e. The third-order valence-electron chi connectivity index (χ3n) is 4.15. The van der Waals surface area contributed by atoms with Crippen LogP contribution in [-0.2, 0) is 11.3 Å². The standard InChI is InChI=1S/C17H18FN5O/c1-11-4-2-5-12(8-11)9-19-15-14-16(22-17(18)21-15)23(10-20-14)13-6-3-7-24-13/h2,4-5,8,10,13H,3,6-7,9H2,1H3,(H,19,21,22). The zero-order chi connectivity index (χ0) is 16.5. The molecular weight excluding hydrogens is 309 g/mol. The van der Waals surface area contributed by atoms with Crippen LogP contribution in [0.4, 0.5) is 10.2 Å². The van der Waals surface area contributed by atoms with Gasteiger partial charge < -0.3 is 10.1 Å². The van der Waals surface area contributed by atoms with Gasteiger partial charge in [-0.05, 0) is 25.3 Å². The number of imidazole rings is 1. The molecule has 1 N–H and O–H groups in total. The van der Waals surface area contributed by atoms with E-state index in [0.717, 1.165) is 18.4 Å². The summed E-state index contributed by atoms with van der Waals surface area (Å²) in [4.78, 5) is 12.1. The van der Waals surface area contributed by atoms with E-state index in [1.807, 2.05) is 25.1 Å². The number of anilines is 1. The normalized spacial score (nSPS) is 17.5. The lowest BCUT2D eigenvalue weighted by Crippen LogP contribution is -2.09. The van der Waals surface area contributed by atoms with Crippen molar-refractivity contribution in [2.75, 3.05) is 11.9 Å². The van der Waals surface area contributed by atoms with Crippen LogP contribution in [0.25, 0.3) is 11.2 Å². The van der Waals surface area contributed by atoms with Crippen molar-refractivity contribution in [3.05, 3.63) is 47.8 Å². The Labute approximate surface area is 138 Å². The van der Waals surface area contributed by atoms with Gasteiger partial charge in [0.15, 0.2) is 17.0 Å². The summed E-state index contributed by atoms with van der Waals surface area (Å²) in [7, 11) is 0. The average molecular weight is 327 g/mol. The largest absolute Gasteiger partial charge is 0.364 e. The summed E-state index contributed by atoms with van der Waals surface area (Å²) >= 11 is 0. The molecule has 7 heteroatoms. The predicted octanol–water partition coefficient (Wildman–Crippen LogP) is 3.19. The Morgan fingerprint density at radius 3 is 3.08 bits per heavy atom. The number of aryl methyl sites for hydroxylation is 1. The maximum absolute atomic E-state index is 13.9. The molecule has 0 bridgehead atoms. The minimum Gasteiger partial charge on any atom is -0.364 e. The first kappa shape index (κ1) is 15.0. The molecule has 4 rings (SSSR count). The van der Waals surface area contributed by atoms with Gasteiger partial charge in [0.2, 0.25) is 0 Å². The number of nitrogens with zero attached hydrogens (tertiary/aromatic N) is 4. The third kappa shape index (κ3) is 2.82. The van der Waals surface area contributed by atoms with E-state index in [1.165, 1.54) is 5.56 Å². The summed E-state index contributed by atoms with van der Waals surface area (Å²) in [5.41, 5.74) is 3.29. The first-order chi connectivity index (χ1) is 11.7. The molecule has 3 aromatic rings. The van der Waals surface area contributed by atoms with E-state index in [-0.39, 0.29) is 6.23 Å². The van der Waals surface area contributed by atoms with Crippen LogP contribution in [0.1, 0.15) is 30.2 Å². The van der Waals surface area contributed by atoms with Crippen molar-refractivity contribution >= 4 is 17.0 Å². The molecule has 2 aromatic heterocycles. The van der Waals surface area contributed by atoms with Crippen LogP contribution in [-0.4, -0.2) is 26.1 Å². The molecule has 1 saturated heterocycles. The fourth-order valence-corrected chi connectivity index (χ4v) is 3.01. The SMILES string of the molecule is Cc1cccc(CNc2nc(F)nc3c2ncn3C2CCCO2)c1. The van der Waals surface area contributed by atoms with Crippen molar-refractivity contribution in [1.29, 1.82) is 0 Å². The second-order valence-corrected chi connectivity index (χ2v) is 5.98. The van der Waals surface area contributed by atoms with Crippen LogP contribution in [0.15, 0.2) is 30.6 Å². The van der Waals surface area contributed by atoms with E-state index >= 15 is 0 Å². The number of fused-ring (bicyclic) bond motifs is 1. The van der Waals surface area contributed by atoms with Gasteiger partial charge in [0.1, 0.15) is 6.23 Å². The monoisotopic (exact) mass is 327 g/mol. The number of hydrogen-bond acceptors (Lipinski definition) is 5. The first-order valence-electron chi connectivity index (χ1n) is 8.02. The second-order valence-electron chi connectivity index (χ2n) is 5.98. The predicted molar refractivity (Wildman–Crippen MR) is 88.0 cm³/mol. The molecule has 0 spiro atoms. The molecule has 0 saturated carbocycles. The van der Waals surface area contributed by atoms with Gasteiger partial charge in [-0.25, -0.2) is 4.98 Å². The number of halogens is 1. The highest BCUT2D eigenvalue weighted by Crippen LogP contribution is 2.28. The van der Waals surface area contributed by atoms with Gasteiger partial charge in [-0.2, -0.15) is 14.4 Å². The van der Waals surface area contributed by atoms with E-state index in [1.54, 1.807) is 10.9 Å². The van der Waals surface area contributed by atoms with E-state index in [0.29, 0.717) is 30.1 Å². The van der Waals surface area contributed by atoms with Gasteiger partial charge in [0, 0.05) is 13.2 Å². The van der Waals surface area contributed by atoms with Crippen molar-refractivity contribution in [2.45, 2.75) is 32.5 Å². The van der Waals surface area contributed by atoms with Crippen molar-refractivity contribution < 1.29 is 9.13 Å². The quantitative estimate of drug-likeness (QED) is 0.746. The number of ether oxygens (including phenoxy) is 1. The number of benzene rings is 1. The van der Waals surface area contributed by atoms with Gasteiger partial charge in [0.25, 0.3) is 0 Å². The molecule has 24 heavy (non-hydrogen) atoms. The summed E-state index contributed by atoms with van der Waals surface area (Å²) in [6.07, 6.45) is 2.61. The Morgan fingerprint density at radius 1 is 1.38 bits per heavy atom. The molecule has 1 unspecified atom stereocenters. The highest BCUT2D eigenvalue weighted by atomic mass is 19.1. The van der Waals surface area contributed by atoms with E-state index < -0.39 is 6.08 Å². The maximum atomic E-state index is 13.9. The first-order valence-corrected chi connectivity index (χ1v) is 8.02. The number of aromatic nitrogens is 4. The highest BCUT2D eigenvalue weighted by molar-refractivity contribution is 5.82. The lowest BCUT2D eigenvalue weighted by Gasteiger charge is -2.12. The molecule has 6 nitrogen and oxygen atoms in total. The number of hydrogen-bond donors (Lipinski definition) is 1. The molecule has 3 heterocycles. The second kappa shape index (κ2) is 6.16. The van der Waals surface area contributed by atoms with Gasteiger partial charge >= 0.3 is 6.08 Å². The van der Waals surface area contributed by atoms with Crippen LogP contribution in [0.2, 0.25) is 0 Å². The fourth-order valence-electron chi connectivity index (χ4n) is 3.01. The Bertz CT molecular complexity index is 873. The van der Waals surface area contributed by atoms with Crippen molar-refractivity contribution in [1.82, 2.24) is 19.5 Å². The van der Waals surface area contributed by atoms with Crippen molar-refractivity contribution in [3.8, 4) is 0 Å². The number of nitrogens with one attached hydrogen (secondary N) is 1. The van der Waals surface area contributed by atoms with Gasteiger partial charge in [-0.1, -0.05) is 29.8 Å². The summed E-state index contributed by atoms with van der Waals surface area (Å²) < 4.78 is 21.3. The Hall–Kier alpha value is -2.54. The van der Waals surface area contributed by atoms with E-state index in [2.05, 4.69) is 26.3 Å². The maximum Gasteiger partial charge on any atom is 0.312 e. The van der Waals surface area contributed by atoms with E-state index in [4.69, 9.17) is 4.74 Å². The van der Waals surface area contributed by atoms with Gasteiger partial charge in [-0.15, -0.1) is 0 Å². The zero-order valence-electron chi connectivity index (χ0n) is 13.4. The summed E-state index contributed by atoms with van der Waals surface area (Å²) in [5.74, 6) is 0.399. The van der Waals surface area contributed by atoms with Crippen molar-refractivity contribution in [3.63, 3.8) is 0 Å². The van der Waals surface area contributed by atoms with Crippen LogP contribution in [0.3, 0.4) is 0 Å². The van der Waals surface area contributed by atoms with Gasteiger partial charge in [-0.3, -0.25) is 4.57 Å². The Balaban J connectivity index is 1.65. The highest BCUT2D eigenvalue weighted by Gasteiger charge is 2.22. The molecule has 1 aliphatic rings. The molecule has 0 aliphatic carbocycles. The molecule has 1 aromatic carbocycles. The minimum atomic E-state index is -0.769. The minimum absolute atomic E-state index is 0.131. The zero-order valence-corrected chi connectivity index (χ0v) is 13.4. The summed E-state index contributed by atoms with van der Waals surface area (Å²) in [6, 6.07) is 8.12. The number of rotatable bonds is 4. The van der Waals surface area contributed by atoms with Crippen LogP contribution in [0, 0.1) is 13.0 Å². The summed E-state index contributed by atoms with van der Waals surface area (Å²) in [6.45, 7) is 3.28. The van der Waals surface area contributed by atoms with Crippen LogP contribution >= 0.6 is 0 Å². The molecule has 0 amide bonds. The topological polar surface area (TPSA) is 64.9 Å². The van der Waals surface area contributed by atoms with E-state index in [9.17, 15) is 4.39 Å². The summed E-state index contributed by atoms with van der Waals surface area (Å²) in [5, 5.41) is 3.17. The lowest BCUT2D eigenvalue weighted by atomic mass is 10.1. The Kier molecular flexibility index (Phi) is 3.86. The lowest BCUT2D eigenvalue weighted by molar-refractivity contribution is 0.0592. The molecule has 0 radical (unpaired) electrons. The molecule has 1 fully saturated rings. The fraction of sp³-hybridized carbons (Fsp3) is 0.353. The van der Waals surface area contributed by atoms with Crippen LogP contribution < -0.4 is 5.32 Å². The third-order valence-corrected chi connectivity index (χ3v) is 4.15. The van der Waals surface area contributed by atoms with Crippen LogP contribution in [0.5, 0.6) is 0 Å². The average Bonchev–Trinajstić information content (AvgIpc) is 3.21. The molecule has 1 aliphatic heterocycles. The molecule has 124 valence electrons. The Morgan fingerprint density at radius 2 is 2.29 bits per heavy atom. The molecular formula is C17H18FN5O. The molecule has 1 atom stereocenters. The van der Waals surface area contributed by atoms with Gasteiger partial charge in [0.05, 0.1) is 6.33 Å².